The molecule has 8 heteroatoms. The number of nitrogens with zero attached hydrogens (tertiary/aromatic N) is 5. The lowest BCUT2D eigenvalue weighted by atomic mass is 10.2. The SMILES string of the molecule is Clc1ccccc1-c1nc(COc2nnc3ccccn23)no1. The van der Waals surface area contributed by atoms with Gasteiger partial charge in [-0.05, 0) is 24.3 Å². The lowest BCUT2D eigenvalue weighted by molar-refractivity contribution is 0.262. The molecule has 0 amide bonds. The smallest absolute Gasteiger partial charge is 0.321 e. The van der Waals surface area contributed by atoms with Gasteiger partial charge in [0.05, 0.1) is 10.6 Å². The predicted molar refractivity (Wildman–Crippen MR) is 82.1 cm³/mol. The van der Waals surface area contributed by atoms with Gasteiger partial charge in [0, 0.05) is 6.20 Å². The lowest BCUT2D eigenvalue weighted by Crippen LogP contribution is -2.00. The normalized spacial score (nSPS) is 11.0. The summed E-state index contributed by atoms with van der Waals surface area (Å²) < 4.78 is 12.5. The van der Waals surface area contributed by atoms with Crippen molar-refractivity contribution in [1.82, 2.24) is 24.7 Å². The van der Waals surface area contributed by atoms with Crippen LogP contribution in [-0.2, 0) is 6.61 Å². The van der Waals surface area contributed by atoms with Gasteiger partial charge < -0.3 is 9.26 Å². The van der Waals surface area contributed by atoms with Crippen molar-refractivity contribution in [2.45, 2.75) is 6.61 Å². The van der Waals surface area contributed by atoms with Crippen LogP contribution in [0.3, 0.4) is 0 Å². The second kappa shape index (κ2) is 5.69. The molecule has 0 aliphatic carbocycles. The van der Waals surface area contributed by atoms with Crippen molar-refractivity contribution in [3.05, 3.63) is 59.5 Å². The fraction of sp³-hybridized carbons (Fsp3) is 0.0667. The van der Waals surface area contributed by atoms with Gasteiger partial charge in [-0.1, -0.05) is 40.1 Å². The van der Waals surface area contributed by atoms with Gasteiger partial charge in [-0.15, -0.1) is 5.10 Å². The zero-order chi connectivity index (χ0) is 15.6. The molecule has 7 nitrogen and oxygen atoms in total. The molecule has 23 heavy (non-hydrogen) atoms. The average molecular weight is 328 g/mol. The average Bonchev–Trinajstić information content (AvgIpc) is 3.20. The van der Waals surface area contributed by atoms with Gasteiger partial charge >= 0.3 is 6.01 Å². The van der Waals surface area contributed by atoms with E-state index < -0.39 is 0 Å². The largest absolute Gasteiger partial charge is 0.455 e. The van der Waals surface area contributed by atoms with Crippen LogP contribution in [0, 0.1) is 0 Å². The molecule has 0 radical (unpaired) electrons. The Hall–Kier alpha value is -2.93. The van der Waals surface area contributed by atoms with Crippen molar-refractivity contribution in [2.75, 3.05) is 0 Å². The number of hydrogen-bond acceptors (Lipinski definition) is 6. The molecule has 0 bridgehead atoms. The minimum absolute atomic E-state index is 0.115. The Bertz CT molecular complexity index is 965. The molecule has 4 rings (SSSR count). The molecule has 0 saturated carbocycles. The van der Waals surface area contributed by atoms with E-state index in [0.29, 0.717) is 34.0 Å². The van der Waals surface area contributed by atoms with Crippen molar-refractivity contribution < 1.29 is 9.26 Å². The summed E-state index contributed by atoms with van der Waals surface area (Å²) in [7, 11) is 0. The van der Waals surface area contributed by atoms with Crippen LogP contribution in [0.1, 0.15) is 5.82 Å². The predicted octanol–water partition coefficient (Wildman–Crippen LogP) is 3.01. The molecule has 0 N–H and O–H groups in total. The van der Waals surface area contributed by atoms with Crippen molar-refractivity contribution in [3.8, 4) is 17.5 Å². The summed E-state index contributed by atoms with van der Waals surface area (Å²) in [5.74, 6) is 0.743. The first-order valence-corrected chi connectivity index (χ1v) is 7.19. The summed E-state index contributed by atoms with van der Waals surface area (Å²) in [6.45, 7) is 0.115. The number of aromatic nitrogens is 5. The molecular formula is C15H10ClN5O2. The monoisotopic (exact) mass is 327 g/mol. The second-order valence-corrected chi connectivity index (χ2v) is 5.10. The molecule has 0 unspecified atom stereocenters. The minimum Gasteiger partial charge on any atom is -0.455 e. The fourth-order valence-electron chi connectivity index (χ4n) is 2.10. The maximum absolute atomic E-state index is 6.11. The van der Waals surface area contributed by atoms with Crippen LogP contribution in [0.2, 0.25) is 5.02 Å². The van der Waals surface area contributed by atoms with Crippen LogP contribution < -0.4 is 4.74 Å². The van der Waals surface area contributed by atoms with Crippen LogP contribution in [0.25, 0.3) is 17.1 Å². The van der Waals surface area contributed by atoms with E-state index in [-0.39, 0.29) is 6.61 Å². The van der Waals surface area contributed by atoms with E-state index in [1.807, 2.05) is 42.6 Å². The van der Waals surface area contributed by atoms with E-state index in [4.69, 9.17) is 20.9 Å². The summed E-state index contributed by atoms with van der Waals surface area (Å²) in [5.41, 5.74) is 1.38. The lowest BCUT2D eigenvalue weighted by Gasteiger charge is -1.99. The van der Waals surface area contributed by atoms with E-state index in [0.717, 1.165) is 0 Å². The maximum atomic E-state index is 6.11. The van der Waals surface area contributed by atoms with Crippen LogP contribution in [0.15, 0.2) is 53.2 Å². The molecule has 0 atom stereocenters. The zero-order valence-electron chi connectivity index (χ0n) is 11.8. The number of pyridine rings is 1. The molecule has 0 aliphatic rings. The number of benzene rings is 1. The number of fused-ring (bicyclic) bond motifs is 1. The third kappa shape index (κ3) is 2.62. The second-order valence-electron chi connectivity index (χ2n) is 4.70. The van der Waals surface area contributed by atoms with Crippen LogP contribution in [0.4, 0.5) is 0 Å². The Balaban J connectivity index is 1.53. The maximum Gasteiger partial charge on any atom is 0.321 e. The number of hydrogen-bond donors (Lipinski definition) is 0. The Morgan fingerprint density at radius 2 is 1.96 bits per heavy atom. The van der Waals surface area contributed by atoms with Gasteiger partial charge in [-0.3, -0.25) is 4.40 Å². The Morgan fingerprint density at radius 1 is 1.09 bits per heavy atom. The van der Waals surface area contributed by atoms with E-state index >= 15 is 0 Å². The van der Waals surface area contributed by atoms with Gasteiger partial charge in [-0.25, -0.2) is 0 Å². The first-order valence-electron chi connectivity index (χ1n) is 6.81. The third-order valence-corrected chi connectivity index (χ3v) is 3.51. The Kier molecular flexibility index (Phi) is 3.39. The molecule has 4 aromatic rings. The highest BCUT2D eigenvalue weighted by molar-refractivity contribution is 6.33. The van der Waals surface area contributed by atoms with E-state index in [9.17, 15) is 0 Å². The van der Waals surface area contributed by atoms with E-state index in [1.54, 1.807) is 10.5 Å². The molecule has 3 aromatic heterocycles. The van der Waals surface area contributed by atoms with Gasteiger partial charge in [0.25, 0.3) is 5.89 Å². The highest BCUT2D eigenvalue weighted by Crippen LogP contribution is 2.25. The highest BCUT2D eigenvalue weighted by Gasteiger charge is 2.13. The summed E-state index contributed by atoms with van der Waals surface area (Å²) in [4.78, 5) is 4.28. The summed E-state index contributed by atoms with van der Waals surface area (Å²) in [5, 5.41) is 12.4. The summed E-state index contributed by atoms with van der Waals surface area (Å²) >= 11 is 6.11. The minimum atomic E-state index is 0.115. The standard InChI is InChI=1S/C15H10ClN5O2/c16-11-6-2-1-5-10(11)14-17-12(20-23-14)9-22-15-19-18-13-7-3-4-8-21(13)15/h1-8H,9H2. The van der Waals surface area contributed by atoms with Crippen LogP contribution >= 0.6 is 11.6 Å². The third-order valence-electron chi connectivity index (χ3n) is 3.19. The quantitative estimate of drug-likeness (QED) is 0.573. The number of ether oxygens (including phenoxy) is 1. The van der Waals surface area contributed by atoms with Crippen LogP contribution in [-0.4, -0.2) is 24.7 Å². The van der Waals surface area contributed by atoms with Gasteiger partial charge in [0.15, 0.2) is 12.3 Å². The van der Waals surface area contributed by atoms with Crippen molar-refractivity contribution >= 4 is 17.2 Å². The molecule has 114 valence electrons. The Labute approximate surface area is 135 Å². The molecule has 1 aromatic carbocycles. The van der Waals surface area contributed by atoms with E-state index in [1.165, 1.54) is 0 Å². The summed E-state index contributed by atoms with van der Waals surface area (Å²) in [6, 6.07) is 13.2. The van der Waals surface area contributed by atoms with Gasteiger partial charge in [-0.2, -0.15) is 4.98 Å². The molecule has 3 heterocycles. The molecule has 0 saturated heterocycles. The van der Waals surface area contributed by atoms with Crippen molar-refractivity contribution in [1.29, 1.82) is 0 Å². The molecular weight excluding hydrogens is 318 g/mol. The number of rotatable bonds is 4. The molecule has 0 fully saturated rings. The van der Waals surface area contributed by atoms with Crippen molar-refractivity contribution in [3.63, 3.8) is 0 Å². The Morgan fingerprint density at radius 3 is 2.87 bits per heavy atom. The highest BCUT2D eigenvalue weighted by atomic mass is 35.5. The molecule has 0 spiro atoms. The summed E-state index contributed by atoms with van der Waals surface area (Å²) in [6.07, 6.45) is 1.82. The van der Waals surface area contributed by atoms with Crippen molar-refractivity contribution in [2.24, 2.45) is 0 Å². The first-order chi connectivity index (χ1) is 11.3. The van der Waals surface area contributed by atoms with Gasteiger partial charge in [0.1, 0.15) is 0 Å². The molecule has 0 aliphatic heterocycles. The van der Waals surface area contributed by atoms with Gasteiger partial charge in [0.2, 0.25) is 5.82 Å². The zero-order valence-corrected chi connectivity index (χ0v) is 12.5. The number of halogens is 1. The fourth-order valence-corrected chi connectivity index (χ4v) is 2.32. The first kappa shape index (κ1) is 13.7. The topological polar surface area (TPSA) is 78.3 Å². The van der Waals surface area contributed by atoms with Crippen LogP contribution in [0.5, 0.6) is 6.01 Å². The van der Waals surface area contributed by atoms with E-state index in [2.05, 4.69) is 20.3 Å².